The van der Waals surface area contributed by atoms with Crippen LogP contribution in [0.2, 0.25) is 5.02 Å². The molecule has 5 heteroatoms. The van der Waals surface area contributed by atoms with Gasteiger partial charge < -0.3 is 15.1 Å². The van der Waals surface area contributed by atoms with Crippen LogP contribution in [0, 0.1) is 0 Å². The summed E-state index contributed by atoms with van der Waals surface area (Å²) in [5.41, 5.74) is 0.831. The summed E-state index contributed by atoms with van der Waals surface area (Å²) in [5, 5.41) is 18.3. The molecule has 0 aliphatic rings. The highest BCUT2D eigenvalue weighted by atomic mass is 35.5. The topological polar surface area (TPSA) is 60.8 Å². The van der Waals surface area contributed by atoms with Gasteiger partial charge in [-0.15, -0.1) is 0 Å². The maximum Gasteiger partial charge on any atom is 0.323 e. The van der Waals surface area contributed by atoms with E-state index >= 15 is 0 Å². The van der Waals surface area contributed by atoms with Crippen LogP contribution in [0.25, 0.3) is 0 Å². The summed E-state index contributed by atoms with van der Waals surface area (Å²) < 4.78 is 0. The van der Waals surface area contributed by atoms with Crippen molar-refractivity contribution in [1.29, 1.82) is 0 Å². The zero-order valence-electron chi connectivity index (χ0n) is 10.9. The molecule has 0 saturated heterocycles. The molecule has 0 unspecified atom stereocenters. The molecule has 0 radical (unpaired) electrons. The van der Waals surface area contributed by atoms with E-state index in [0.29, 0.717) is 11.6 Å². The maximum absolute atomic E-state index is 10.9. The van der Waals surface area contributed by atoms with Crippen molar-refractivity contribution in [2.75, 3.05) is 24.6 Å². The summed E-state index contributed by atoms with van der Waals surface area (Å²) in [6.07, 6.45) is 3.65. The molecule has 0 fully saturated rings. The fraction of sp³-hybridized carbons (Fsp3) is 0.500. The number of carboxylic acid groups (broad SMARTS) is 1. The lowest BCUT2D eigenvalue weighted by atomic mass is 10.2. The largest absolute Gasteiger partial charge is 0.480 e. The number of aliphatic hydroxyl groups excluding tert-OH is 1. The Hall–Kier alpha value is -1.26. The molecule has 0 aliphatic carbocycles. The first-order valence-corrected chi connectivity index (χ1v) is 6.84. The number of benzene rings is 1. The highest BCUT2D eigenvalue weighted by Gasteiger charge is 2.10. The lowest BCUT2D eigenvalue weighted by Crippen LogP contribution is -2.30. The van der Waals surface area contributed by atoms with Crippen LogP contribution in [0.3, 0.4) is 0 Å². The quantitative estimate of drug-likeness (QED) is 0.685. The van der Waals surface area contributed by atoms with Gasteiger partial charge in [-0.1, -0.05) is 30.5 Å². The standard InChI is InChI=1S/C14H20ClNO3/c15-12-6-5-7-13(10-12)16(11-14(18)19)8-3-1-2-4-9-17/h5-7,10,17H,1-4,8-9,11H2,(H,18,19). The van der Waals surface area contributed by atoms with E-state index in [1.165, 1.54) is 0 Å². The Morgan fingerprint density at radius 1 is 1.21 bits per heavy atom. The molecule has 1 rings (SSSR count). The Bertz CT molecular complexity index is 398. The summed E-state index contributed by atoms with van der Waals surface area (Å²) in [6, 6.07) is 7.23. The minimum atomic E-state index is -0.852. The molecule has 0 aromatic heterocycles. The Balaban J connectivity index is 2.54. The Kier molecular flexibility index (Phi) is 7.30. The fourth-order valence-corrected chi connectivity index (χ4v) is 2.09. The molecular formula is C14H20ClNO3. The van der Waals surface area contributed by atoms with Gasteiger partial charge in [0, 0.05) is 23.9 Å². The second-order valence-corrected chi connectivity index (χ2v) is 4.87. The molecule has 0 bridgehead atoms. The predicted molar refractivity (Wildman–Crippen MR) is 76.9 cm³/mol. The van der Waals surface area contributed by atoms with Crippen LogP contribution >= 0.6 is 11.6 Å². The van der Waals surface area contributed by atoms with Crippen LogP contribution in [0.15, 0.2) is 24.3 Å². The number of hydrogen-bond donors (Lipinski definition) is 2. The number of unbranched alkanes of at least 4 members (excludes halogenated alkanes) is 3. The van der Waals surface area contributed by atoms with Crippen molar-refractivity contribution in [2.24, 2.45) is 0 Å². The van der Waals surface area contributed by atoms with E-state index in [1.54, 1.807) is 12.1 Å². The van der Waals surface area contributed by atoms with E-state index < -0.39 is 5.97 Å². The molecule has 0 saturated carbocycles. The Labute approximate surface area is 118 Å². The van der Waals surface area contributed by atoms with Crippen molar-refractivity contribution in [3.05, 3.63) is 29.3 Å². The molecule has 0 atom stereocenters. The van der Waals surface area contributed by atoms with E-state index in [1.807, 2.05) is 17.0 Å². The number of halogens is 1. The number of hydrogen-bond acceptors (Lipinski definition) is 3. The lowest BCUT2D eigenvalue weighted by molar-refractivity contribution is -0.135. The van der Waals surface area contributed by atoms with Crippen LogP contribution in [0.1, 0.15) is 25.7 Å². The van der Waals surface area contributed by atoms with E-state index in [0.717, 1.165) is 31.4 Å². The first-order valence-electron chi connectivity index (χ1n) is 6.46. The molecule has 106 valence electrons. The van der Waals surface area contributed by atoms with Gasteiger partial charge in [-0.3, -0.25) is 4.79 Å². The molecule has 1 aromatic carbocycles. The SMILES string of the molecule is O=C(O)CN(CCCCCCO)c1cccc(Cl)c1. The van der Waals surface area contributed by atoms with Crippen molar-refractivity contribution in [3.63, 3.8) is 0 Å². The molecule has 0 aliphatic heterocycles. The van der Waals surface area contributed by atoms with Crippen LogP contribution in [-0.4, -0.2) is 35.9 Å². The molecular weight excluding hydrogens is 266 g/mol. The third kappa shape index (κ3) is 6.45. The van der Waals surface area contributed by atoms with Crippen LogP contribution in [-0.2, 0) is 4.79 Å². The molecule has 1 aromatic rings. The van der Waals surface area contributed by atoms with Gasteiger partial charge in [0.1, 0.15) is 6.54 Å². The normalized spacial score (nSPS) is 10.4. The number of carbonyl (C=O) groups is 1. The van der Waals surface area contributed by atoms with Gasteiger partial charge in [0.15, 0.2) is 0 Å². The maximum atomic E-state index is 10.9. The Morgan fingerprint density at radius 2 is 1.95 bits per heavy atom. The minimum Gasteiger partial charge on any atom is -0.480 e. The smallest absolute Gasteiger partial charge is 0.323 e. The first kappa shape index (κ1) is 15.8. The lowest BCUT2D eigenvalue weighted by Gasteiger charge is -2.23. The number of anilines is 1. The molecule has 19 heavy (non-hydrogen) atoms. The van der Waals surface area contributed by atoms with Crippen LogP contribution in [0.4, 0.5) is 5.69 Å². The highest BCUT2D eigenvalue weighted by molar-refractivity contribution is 6.30. The van der Waals surface area contributed by atoms with Crippen molar-refractivity contribution in [3.8, 4) is 0 Å². The number of aliphatic hydroxyl groups is 1. The first-order chi connectivity index (χ1) is 9.13. The summed E-state index contributed by atoms with van der Waals surface area (Å²) in [7, 11) is 0. The fourth-order valence-electron chi connectivity index (χ4n) is 1.90. The minimum absolute atomic E-state index is 0.0274. The summed E-state index contributed by atoms with van der Waals surface area (Å²) in [6.45, 7) is 0.867. The van der Waals surface area contributed by atoms with Crippen molar-refractivity contribution >= 4 is 23.3 Å². The average Bonchev–Trinajstić information content (AvgIpc) is 2.36. The zero-order chi connectivity index (χ0) is 14.1. The number of carboxylic acids is 1. The molecule has 0 amide bonds. The summed E-state index contributed by atoms with van der Waals surface area (Å²) in [4.78, 5) is 12.7. The summed E-state index contributed by atoms with van der Waals surface area (Å²) >= 11 is 5.93. The van der Waals surface area contributed by atoms with Gasteiger partial charge in [-0.25, -0.2) is 0 Å². The Morgan fingerprint density at radius 3 is 2.58 bits per heavy atom. The predicted octanol–water partition coefficient (Wildman–Crippen LogP) is 2.78. The molecule has 4 nitrogen and oxygen atoms in total. The van der Waals surface area contributed by atoms with Gasteiger partial charge in [0.25, 0.3) is 0 Å². The number of aliphatic carboxylic acids is 1. The van der Waals surface area contributed by atoms with Gasteiger partial charge in [-0.05, 0) is 31.0 Å². The van der Waals surface area contributed by atoms with Crippen molar-refractivity contribution < 1.29 is 15.0 Å². The zero-order valence-corrected chi connectivity index (χ0v) is 11.6. The van der Waals surface area contributed by atoms with Gasteiger partial charge in [0.2, 0.25) is 0 Å². The van der Waals surface area contributed by atoms with E-state index in [9.17, 15) is 4.79 Å². The number of rotatable bonds is 9. The number of nitrogens with zero attached hydrogens (tertiary/aromatic N) is 1. The van der Waals surface area contributed by atoms with Crippen LogP contribution in [0.5, 0.6) is 0 Å². The van der Waals surface area contributed by atoms with Crippen molar-refractivity contribution in [1.82, 2.24) is 0 Å². The second-order valence-electron chi connectivity index (χ2n) is 4.43. The molecule has 0 heterocycles. The van der Waals surface area contributed by atoms with E-state index in [4.69, 9.17) is 21.8 Å². The van der Waals surface area contributed by atoms with Gasteiger partial charge in [0.05, 0.1) is 0 Å². The van der Waals surface area contributed by atoms with E-state index in [-0.39, 0.29) is 13.2 Å². The van der Waals surface area contributed by atoms with Crippen molar-refractivity contribution in [2.45, 2.75) is 25.7 Å². The van der Waals surface area contributed by atoms with E-state index in [2.05, 4.69) is 0 Å². The van der Waals surface area contributed by atoms with Gasteiger partial charge >= 0.3 is 5.97 Å². The monoisotopic (exact) mass is 285 g/mol. The third-order valence-electron chi connectivity index (χ3n) is 2.84. The molecule has 2 N–H and O–H groups in total. The third-order valence-corrected chi connectivity index (χ3v) is 3.07. The summed E-state index contributed by atoms with van der Waals surface area (Å²) in [5.74, 6) is -0.852. The second kappa shape index (κ2) is 8.77. The van der Waals surface area contributed by atoms with Crippen LogP contribution < -0.4 is 4.90 Å². The molecule has 0 spiro atoms. The highest BCUT2D eigenvalue weighted by Crippen LogP contribution is 2.20. The average molecular weight is 286 g/mol. The van der Waals surface area contributed by atoms with Gasteiger partial charge in [-0.2, -0.15) is 0 Å².